The van der Waals surface area contributed by atoms with E-state index >= 15 is 0 Å². The molecule has 0 bridgehead atoms. The van der Waals surface area contributed by atoms with Gasteiger partial charge in [-0.15, -0.1) is 0 Å². The van der Waals surface area contributed by atoms with Gasteiger partial charge in [0.15, 0.2) is 0 Å². The second-order valence-electron chi connectivity index (χ2n) is 4.65. The maximum Gasteiger partial charge on any atom is 0.0487 e. The van der Waals surface area contributed by atoms with E-state index in [1.165, 1.54) is 21.9 Å². The molecule has 0 fully saturated rings. The first-order valence-corrected chi connectivity index (χ1v) is 6.22. The Bertz CT molecular complexity index is 784. The van der Waals surface area contributed by atoms with Gasteiger partial charge in [0, 0.05) is 65.4 Å². The van der Waals surface area contributed by atoms with E-state index in [2.05, 4.69) is 32.3 Å². The van der Waals surface area contributed by atoms with Crippen LogP contribution in [0.1, 0.15) is 11.1 Å². The van der Waals surface area contributed by atoms with Gasteiger partial charge in [-0.1, -0.05) is 0 Å². The second-order valence-corrected chi connectivity index (χ2v) is 4.65. The summed E-state index contributed by atoms with van der Waals surface area (Å²) in [7, 11) is 0. The number of hydrogen-bond acceptors (Lipinski definition) is 2. The molecule has 0 unspecified atom stereocenters. The second kappa shape index (κ2) is 3.95. The number of nitrogens with one attached hydrogen (secondary N) is 2. The molecule has 0 aliphatic rings. The Kier molecular flexibility index (Phi) is 2.14. The molecule has 0 aliphatic heterocycles. The van der Waals surface area contributed by atoms with Gasteiger partial charge in [0.1, 0.15) is 0 Å². The van der Waals surface area contributed by atoms with Crippen molar-refractivity contribution in [2.75, 3.05) is 0 Å². The van der Waals surface area contributed by atoms with E-state index in [-0.39, 0.29) is 0 Å². The average Bonchev–Trinajstić information content (AvgIpc) is 3.05. The van der Waals surface area contributed by atoms with Crippen molar-refractivity contribution in [3.63, 3.8) is 0 Å². The van der Waals surface area contributed by atoms with Crippen molar-refractivity contribution in [3.8, 4) is 0 Å². The van der Waals surface area contributed by atoms with Crippen molar-refractivity contribution in [2.45, 2.75) is 6.42 Å². The molecule has 4 rings (SSSR count). The number of pyridine rings is 2. The Morgan fingerprint density at radius 1 is 0.789 bits per heavy atom. The molecule has 4 nitrogen and oxygen atoms in total. The monoisotopic (exact) mass is 248 g/mol. The van der Waals surface area contributed by atoms with E-state index in [0.29, 0.717) is 0 Å². The van der Waals surface area contributed by atoms with E-state index in [0.717, 1.165) is 17.5 Å². The van der Waals surface area contributed by atoms with Gasteiger partial charge in [0.2, 0.25) is 0 Å². The summed E-state index contributed by atoms with van der Waals surface area (Å²) in [5, 5.41) is 2.36. The summed E-state index contributed by atoms with van der Waals surface area (Å²) in [5.74, 6) is 0. The number of rotatable bonds is 2. The van der Waals surface area contributed by atoms with Gasteiger partial charge in [-0.25, -0.2) is 0 Å². The molecule has 4 heterocycles. The topological polar surface area (TPSA) is 57.4 Å². The molecule has 0 saturated heterocycles. The van der Waals surface area contributed by atoms with Crippen molar-refractivity contribution in [2.24, 2.45) is 0 Å². The lowest BCUT2D eigenvalue weighted by Gasteiger charge is -1.98. The predicted molar refractivity (Wildman–Crippen MR) is 75.0 cm³/mol. The minimum Gasteiger partial charge on any atom is -0.361 e. The van der Waals surface area contributed by atoms with Gasteiger partial charge in [0.05, 0.1) is 0 Å². The quantitative estimate of drug-likeness (QED) is 0.573. The Morgan fingerprint density at radius 2 is 1.32 bits per heavy atom. The van der Waals surface area contributed by atoms with Crippen LogP contribution in [0.25, 0.3) is 21.8 Å². The maximum atomic E-state index is 4.20. The third-order valence-corrected chi connectivity index (χ3v) is 3.52. The Hall–Kier alpha value is -2.62. The van der Waals surface area contributed by atoms with Crippen LogP contribution in [0.3, 0.4) is 0 Å². The van der Waals surface area contributed by atoms with Crippen molar-refractivity contribution in [1.29, 1.82) is 0 Å². The Labute approximate surface area is 109 Å². The van der Waals surface area contributed by atoms with Crippen LogP contribution in [0, 0.1) is 0 Å². The number of aromatic nitrogens is 4. The third kappa shape index (κ3) is 1.61. The lowest BCUT2D eigenvalue weighted by atomic mass is 10.1. The molecule has 4 heteroatoms. The smallest absolute Gasteiger partial charge is 0.0487 e. The maximum absolute atomic E-state index is 4.20. The van der Waals surface area contributed by atoms with Gasteiger partial charge in [0.25, 0.3) is 0 Å². The molecule has 4 aromatic rings. The molecule has 0 aromatic carbocycles. The van der Waals surface area contributed by atoms with Gasteiger partial charge >= 0.3 is 0 Å². The minimum atomic E-state index is 0.872. The summed E-state index contributed by atoms with van der Waals surface area (Å²) in [4.78, 5) is 15.0. The molecule has 0 aliphatic carbocycles. The summed E-state index contributed by atoms with van der Waals surface area (Å²) >= 11 is 0. The molecule has 2 N–H and O–H groups in total. The Morgan fingerprint density at radius 3 is 1.84 bits per heavy atom. The number of hydrogen-bond donors (Lipinski definition) is 2. The summed E-state index contributed by atoms with van der Waals surface area (Å²) in [6, 6.07) is 3.99. The number of fused-ring (bicyclic) bond motifs is 2. The summed E-state index contributed by atoms with van der Waals surface area (Å²) in [6.07, 6.45) is 12.4. The Balaban J connectivity index is 1.82. The predicted octanol–water partition coefficient (Wildman–Crippen LogP) is 3.03. The number of aromatic amines is 2. The SMILES string of the molecule is c1cc2[nH]cc(Cc3c[nH]c4ccncc34)c2cn1. The van der Waals surface area contributed by atoms with Crippen LogP contribution in [0.4, 0.5) is 0 Å². The highest BCUT2D eigenvalue weighted by Gasteiger charge is 2.08. The van der Waals surface area contributed by atoms with E-state index in [9.17, 15) is 0 Å². The minimum absolute atomic E-state index is 0.872. The average molecular weight is 248 g/mol. The van der Waals surface area contributed by atoms with Crippen LogP contribution in [0.2, 0.25) is 0 Å². The van der Waals surface area contributed by atoms with Crippen LogP contribution in [-0.2, 0) is 6.42 Å². The van der Waals surface area contributed by atoms with Gasteiger partial charge < -0.3 is 9.97 Å². The summed E-state index contributed by atoms with van der Waals surface area (Å²) < 4.78 is 0. The van der Waals surface area contributed by atoms with Gasteiger partial charge in [-0.2, -0.15) is 0 Å². The molecule has 92 valence electrons. The molecule has 0 atom stereocenters. The number of H-pyrrole nitrogens is 2. The zero-order chi connectivity index (χ0) is 12.7. The molecule has 0 amide bonds. The first-order chi connectivity index (χ1) is 9.42. The van der Waals surface area contributed by atoms with Crippen LogP contribution < -0.4 is 0 Å². The molecule has 0 saturated carbocycles. The van der Waals surface area contributed by atoms with E-state index in [1.807, 2.05) is 24.5 Å². The highest BCUT2D eigenvalue weighted by Crippen LogP contribution is 2.24. The molecule has 19 heavy (non-hydrogen) atoms. The van der Waals surface area contributed by atoms with Gasteiger partial charge in [-0.3, -0.25) is 9.97 Å². The van der Waals surface area contributed by atoms with Crippen LogP contribution in [-0.4, -0.2) is 19.9 Å². The fourth-order valence-electron chi connectivity index (χ4n) is 2.54. The molecule has 4 aromatic heterocycles. The van der Waals surface area contributed by atoms with E-state index in [4.69, 9.17) is 0 Å². The van der Waals surface area contributed by atoms with E-state index in [1.54, 1.807) is 12.4 Å². The molecule has 0 radical (unpaired) electrons. The fourth-order valence-corrected chi connectivity index (χ4v) is 2.54. The summed E-state index contributed by atoms with van der Waals surface area (Å²) in [6.45, 7) is 0. The highest BCUT2D eigenvalue weighted by atomic mass is 14.7. The van der Waals surface area contributed by atoms with Crippen molar-refractivity contribution >= 4 is 21.8 Å². The van der Waals surface area contributed by atoms with Gasteiger partial charge in [-0.05, 0) is 23.3 Å². The third-order valence-electron chi connectivity index (χ3n) is 3.52. The zero-order valence-corrected chi connectivity index (χ0v) is 10.2. The largest absolute Gasteiger partial charge is 0.361 e. The lowest BCUT2D eigenvalue weighted by molar-refractivity contribution is 1.21. The van der Waals surface area contributed by atoms with Crippen molar-refractivity contribution < 1.29 is 0 Å². The van der Waals surface area contributed by atoms with Crippen LogP contribution in [0.5, 0.6) is 0 Å². The number of nitrogens with zero attached hydrogens (tertiary/aromatic N) is 2. The first kappa shape index (κ1) is 10.3. The van der Waals surface area contributed by atoms with Crippen molar-refractivity contribution in [3.05, 3.63) is 60.4 Å². The van der Waals surface area contributed by atoms with E-state index < -0.39 is 0 Å². The van der Waals surface area contributed by atoms with Crippen LogP contribution >= 0.6 is 0 Å². The normalized spacial score (nSPS) is 11.4. The molecule has 0 spiro atoms. The standard InChI is InChI=1S/C15H12N4/c1-3-16-8-12-10(6-18-14(1)12)5-11-7-19-15-2-4-17-9-13(11)15/h1-4,6-9,18-19H,5H2. The first-order valence-electron chi connectivity index (χ1n) is 6.22. The zero-order valence-electron chi connectivity index (χ0n) is 10.2. The molecular formula is C15H12N4. The highest BCUT2D eigenvalue weighted by molar-refractivity contribution is 5.85. The van der Waals surface area contributed by atoms with Crippen LogP contribution in [0.15, 0.2) is 49.3 Å². The lowest BCUT2D eigenvalue weighted by Crippen LogP contribution is -1.85. The summed E-state index contributed by atoms with van der Waals surface area (Å²) in [5.41, 5.74) is 4.77. The molecular weight excluding hydrogens is 236 g/mol. The van der Waals surface area contributed by atoms with Crippen molar-refractivity contribution in [1.82, 2.24) is 19.9 Å². The fraction of sp³-hybridized carbons (Fsp3) is 0.0667.